The van der Waals surface area contributed by atoms with Crippen LogP contribution in [0.1, 0.15) is 39.7 Å². The van der Waals surface area contributed by atoms with Gasteiger partial charge in [0.05, 0.1) is 19.1 Å². The van der Waals surface area contributed by atoms with Crippen LogP contribution in [0.15, 0.2) is 41.8 Å². The molecule has 152 valence electrons. The normalized spacial score (nSPS) is 18.1. The van der Waals surface area contributed by atoms with Crippen LogP contribution in [0.3, 0.4) is 0 Å². The minimum atomic E-state index is -0.419. The molecule has 2 aliphatic rings. The lowest BCUT2D eigenvalue weighted by molar-refractivity contribution is -0.125. The maximum absolute atomic E-state index is 13.0. The summed E-state index contributed by atoms with van der Waals surface area (Å²) in [7, 11) is 0. The molecule has 2 aromatic rings. The first-order chi connectivity index (χ1) is 14.1. The molecule has 3 heterocycles. The molecule has 7 nitrogen and oxygen atoms in total. The van der Waals surface area contributed by atoms with E-state index in [0.29, 0.717) is 17.7 Å². The number of nitrogens with zero attached hydrogens (tertiary/aromatic N) is 2. The number of nitrogens with one attached hydrogen (secondary N) is 2. The van der Waals surface area contributed by atoms with Crippen molar-refractivity contribution in [2.45, 2.75) is 25.4 Å². The van der Waals surface area contributed by atoms with Gasteiger partial charge in [0.1, 0.15) is 0 Å². The Labute approximate surface area is 173 Å². The highest BCUT2D eigenvalue weighted by atomic mass is 32.1. The van der Waals surface area contributed by atoms with E-state index in [9.17, 15) is 14.4 Å². The molecule has 8 heteroatoms. The number of carbonyl (C=O) groups is 3. The number of likely N-dealkylation sites (tertiary alicyclic amines) is 1. The van der Waals surface area contributed by atoms with E-state index >= 15 is 0 Å². The van der Waals surface area contributed by atoms with Gasteiger partial charge in [-0.05, 0) is 49.0 Å². The van der Waals surface area contributed by atoms with Gasteiger partial charge in [-0.2, -0.15) is 0 Å². The fourth-order valence-corrected chi connectivity index (χ4v) is 4.75. The van der Waals surface area contributed by atoms with E-state index in [-0.39, 0.29) is 30.9 Å². The molecule has 1 unspecified atom stereocenters. The van der Waals surface area contributed by atoms with E-state index in [1.165, 1.54) is 17.7 Å². The van der Waals surface area contributed by atoms with Gasteiger partial charge in [0, 0.05) is 17.0 Å². The number of carbonyl (C=O) groups excluding carboxylic acids is 3. The predicted octanol–water partition coefficient (Wildman–Crippen LogP) is 2.37. The maximum atomic E-state index is 13.0. The third-order valence-electron chi connectivity index (χ3n) is 5.44. The van der Waals surface area contributed by atoms with Crippen molar-refractivity contribution in [1.29, 1.82) is 0 Å². The molecular formula is C21H24N4O3S. The number of amides is 4. The SMILES string of the molecule is O=C(NCC(c1cccs1)N1CCCC1)c1ccccc1CN1C(=O)CNC1=O. The third-order valence-corrected chi connectivity index (χ3v) is 6.41. The third kappa shape index (κ3) is 4.33. The Kier molecular flexibility index (Phi) is 5.92. The molecule has 2 N–H and O–H groups in total. The average molecular weight is 413 g/mol. The van der Waals surface area contributed by atoms with E-state index in [4.69, 9.17) is 0 Å². The lowest BCUT2D eigenvalue weighted by atomic mass is 10.1. The van der Waals surface area contributed by atoms with E-state index < -0.39 is 6.03 Å². The molecule has 4 amide bonds. The Morgan fingerprint density at radius 1 is 1.14 bits per heavy atom. The molecule has 1 aromatic carbocycles. The molecule has 2 fully saturated rings. The number of urea groups is 1. The van der Waals surface area contributed by atoms with Gasteiger partial charge < -0.3 is 10.6 Å². The number of thiophene rings is 1. The van der Waals surface area contributed by atoms with Crippen molar-refractivity contribution in [3.05, 3.63) is 57.8 Å². The Morgan fingerprint density at radius 3 is 2.62 bits per heavy atom. The number of hydrogen-bond acceptors (Lipinski definition) is 5. The van der Waals surface area contributed by atoms with Crippen molar-refractivity contribution in [2.75, 3.05) is 26.2 Å². The monoisotopic (exact) mass is 412 g/mol. The first kappa shape index (κ1) is 19.6. The van der Waals surface area contributed by atoms with Crippen molar-refractivity contribution in [2.24, 2.45) is 0 Å². The quantitative estimate of drug-likeness (QED) is 0.684. The predicted molar refractivity (Wildman–Crippen MR) is 111 cm³/mol. The van der Waals surface area contributed by atoms with Gasteiger partial charge in [0.25, 0.3) is 5.91 Å². The van der Waals surface area contributed by atoms with Gasteiger partial charge in [0.15, 0.2) is 0 Å². The summed E-state index contributed by atoms with van der Waals surface area (Å²) in [4.78, 5) is 41.5. The molecule has 1 aromatic heterocycles. The number of imide groups is 1. The minimum absolute atomic E-state index is 0.00548. The van der Waals surface area contributed by atoms with Crippen LogP contribution in [0.25, 0.3) is 0 Å². The lowest BCUT2D eigenvalue weighted by Crippen LogP contribution is -2.37. The summed E-state index contributed by atoms with van der Waals surface area (Å²) in [5.41, 5.74) is 1.15. The van der Waals surface area contributed by atoms with Crippen LogP contribution >= 0.6 is 11.3 Å². The average Bonchev–Trinajstić information content (AvgIpc) is 3.49. The fraction of sp³-hybridized carbons (Fsp3) is 0.381. The molecule has 0 spiro atoms. The number of benzene rings is 1. The molecular weight excluding hydrogens is 388 g/mol. The Hall–Kier alpha value is -2.71. The van der Waals surface area contributed by atoms with Crippen LogP contribution in [-0.4, -0.2) is 53.8 Å². The first-order valence-corrected chi connectivity index (χ1v) is 10.7. The molecule has 0 aliphatic carbocycles. The van der Waals surface area contributed by atoms with Gasteiger partial charge in [-0.3, -0.25) is 19.4 Å². The summed E-state index contributed by atoms with van der Waals surface area (Å²) in [6, 6.07) is 11.0. The van der Waals surface area contributed by atoms with Crippen molar-refractivity contribution < 1.29 is 14.4 Å². The van der Waals surface area contributed by atoms with Gasteiger partial charge >= 0.3 is 6.03 Å². The van der Waals surface area contributed by atoms with Crippen LogP contribution in [0.4, 0.5) is 4.79 Å². The molecule has 0 bridgehead atoms. The molecule has 0 saturated carbocycles. The smallest absolute Gasteiger partial charge is 0.324 e. The Bertz CT molecular complexity index is 877. The van der Waals surface area contributed by atoms with E-state index in [0.717, 1.165) is 18.0 Å². The molecule has 2 aliphatic heterocycles. The summed E-state index contributed by atoms with van der Waals surface area (Å²) < 4.78 is 0. The van der Waals surface area contributed by atoms with Gasteiger partial charge in [-0.15, -0.1) is 11.3 Å². The largest absolute Gasteiger partial charge is 0.350 e. The summed E-state index contributed by atoms with van der Waals surface area (Å²) in [6.07, 6.45) is 2.37. The molecule has 29 heavy (non-hydrogen) atoms. The van der Waals surface area contributed by atoms with Crippen LogP contribution in [-0.2, 0) is 11.3 Å². The standard InChI is InChI=1S/C21H24N4O3S/c26-19-13-23-21(28)25(19)14-15-6-1-2-7-16(15)20(27)22-12-17(18-8-5-11-29-18)24-9-3-4-10-24/h1-2,5-8,11,17H,3-4,9-10,12-14H2,(H,22,27)(H,23,28). The zero-order valence-corrected chi connectivity index (χ0v) is 16.9. The van der Waals surface area contributed by atoms with E-state index in [1.54, 1.807) is 29.5 Å². The molecule has 2 saturated heterocycles. The van der Waals surface area contributed by atoms with Crippen molar-refractivity contribution in [1.82, 2.24) is 20.4 Å². The second-order valence-electron chi connectivity index (χ2n) is 7.28. The topological polar surface area (TPSA) is 81.8 Å². The Morgan fingerprint density at radius 2 is 1.93 bits per heavy atom. The van der Waals surface area contributed by atoms with Gasteiger partial charge in [-0.25, -0.2) is 4.79 Å². The molecule has 4 rings (SSSR count). The second-order valence-corrected chi connectivity index (χ2v) is 8.26. The Balaban J connectivity index is 1.47. The van der Waals surface area contributed by atoms with E-state index in [2.05, 4.69) is 27.0 Å². The summed E-state index contributed by atoms with van der Waals surface area (Å²) in [5.74, 6) is -0.467. The summed E-state index contributed by atoms with van der Waals surface area (Å²) in [5, 5.41) is 7.64. The van der Waals surface area contributed by atoms with Gasteiger partial charge in [-0.1, -0.05) is 24.3 Å². The fourth-order valence-electron chi connectivity index (χ4n) is 3.89. The molecule has 1 atom stereocenters. The van der Waals surface area contributed by atoms with Crippen molar-refractivity contribution in [3.8, 4) is 0 Å². The number of rotatable bonds is 7. The highest BCUT2D eigenvalue weighted by Gasteiger charge is 2.30. The van der Waals surface area contributed by atoms with Crippen LogP contribution in [0.5, 0.6) is 0 Å². The lowest BCUT2D eigenvalue weighted by Gasteiger charge is -2.27. The van der Waals surface area contributed by atoms with Crippen LogP contribution in [0.2, 0.25) is 0 Å². The zero-order valence-electron chi connectivity index (χ0n) is 16.1. The highest BCUT2D eigenvalue weighted by Crippen LogP contribution is 2.28. The van der Waals surface area contributed by atoms with Crippen LogP contribution < -0.4 is 10.6 Å². The van der Waals surface area contributed by atoms with Crippen molar-refractivity contribution >= 4 is 29.2 Å². The van der Waals surface area contributed by atoms with Crippen molar-refractivity contribution in [3.63, 3.8) is 0 Å². The van der Waals surface area contributed by atoms with Crippen LogP contribution in [0, 0.1) is 0 Å². The summed E-state index contributed by atoms with van der Waals surface area (Å²) in [6.45, 7) is 2.71. The molecule has 0 radical (unpaired) electrons. The van der Waals surface area contributed by atoms with Gasteiger partial charge in [0.2, 0.25) is 5.91 Å². The first-order valence-electron chi connectivity index (χ1n) is 9.85. The van der Waals surface area contributed by atoms with E-state index in [1.807, 2.05) is 12.1 Å². The maximum Gasteiger partial charge on any atom is 0.324 e. The second kappa shape index (κ2) is 8.75. The zero-order chi connectivity index (χ0) is 20.2. The minimum Gasteiger partial charge on any atom is -0.350 e. The number of hydrogen-bond donors (Lipinski definition) is 2. The highest BCUT2D eigenvalue weighted by molar-refractivity contribution is 7.10. The summed E-state index contributed by atoms with van der Waals surface area (Å²) >= 11 is 1.71.